The van der Waals surface area contributed by atoms with E-state index in [9.17, 15) is 24.2 Å². The minimum atomic E-state index is -4.63. The van der Waals surface area contributed by atoms with Crippen LogP contribution < -0.4 is 0 Å². The summed E-state index contributed by atoms with van der Waals surface area (Å²) in [4.78, 5) is 34.9. The molecule has 0 saturated carbocycles. The van der Waals surface area contributed by atoms with E-state index in [2.05, 4.69) is 103 Å². The van der Waals surface area contributed by atoms with Crippen LogP contribution in [0.1, 0.15) is 149 Å². The van der Waals surface area contributed by atoms with Crippen LogP contribution in [0.25, 0.3) is 0 Å². The van der Waals surface area contributed by atoms with E-state index in [0.29, 0.717) is 12.8 Å². The van der Waals surface area contributed by atoms with E-state index in [4.69, 9.17) is 19.1 Å². The molecule has 0 fully saturated rings. The van der Waals surface area contributed by atoms with Crippen LogP contribution in [0.4, 0.5) is 0 Å². The van der Waals surface area contributed by atoms with Crippen molar-refractivity contribution in [3.05, 3.63) is 85.1 Å². The number of ether oxygens (including phenoxy) is 2. The first-order chi connectivity index (χ1) is 27.2. The van der Waals surface area contributed by atoms with E-state index in [1.165, 1.54) is 12.8 Å². The number of hydrogen-bond donors (Lipinski definition) is 3. The molecule has 0 radical (unpaired) electrons. The van der Waals surface area contributed by atoms with Crippen molar-refractivity contribution in [3.63, 3.8) is 0 Å². The number of carbonyl (C=O) groups excluding carboxylic acids is 2. The van der Waals surface area contributed by atoms with Gasteiger partial charge in [0, 0.05) is 12.8 Å². The minimum absolute atomic E-state index is 0.155. The van der Waals surface area contributed by atoms with Crippen LogP contribution in [0.5, 0.6) is 0 Å². The molecule has 0 aromatic carbocycles. The third-order valence-electron chi connectivity index (χ3n) is 8.28. The highest BCUT2D eigenvalue weighted by Gasteiger charge is 2.27. The SMILES string of the molecule is CC/C=C/C/C=C/C/C=C/C/C=C/C/C=C/CCCCCC(=O)OC[C@@H](COP(=O)(O)OC[C@H](O)CO)OC(=O)CCCCCCC/C=C/C/C=C/CCCC. The molecular weight excluding hydrogens is 731 g/mol. The number of unbranched alkanes of at least 4 members (excludes halogenated alkanes) is 10. The Balaban J connectivity index is 4.41. The highest BCUT2D eigenvalue weighted by Crippen LogP contribution is 2.43. The number of hydrogen-bond acceptors (Lipinski definition) is 9. The van der Waals surface area contributed by atoms with Gasteiger partial charge in [0.15, 0.2) is 6.10 Å². The number of aliphatic hydroxyl groups is 2. The van der Waals surface area contributed by atoms with E-state index >= 15 is 0 Å². The maximum atomic E-state index is 12.6. The number of carbonyl (C=O) groups is 2. The Bertz CT molecular complexity index is 1200. The fourth-order valence-electron chi connectivity index (χ4n) is 5.03. The second-order valence-electron chi connectivity index (χ2n) is 13.6. The van der Waals surface area contributed by atoms with E-state index in [0.717, 1.165) is 96.3 Å². The zero-order valence-electron chi connectivity index (χ0n) is 34.6. The Morgan fingerprint density at radius 1 is 0.554 bits per heavy atom. The number of phosphoric acid groups is 1. The Labute approximate surface area is 339 Å². The lowest BCUT2D eigenvalue weighted by Gasteiger charge is -2.20. The zero-order valence-corrected chi connectivity index (χ0v) is 35.5. The molecule has 1 unspecified atom stereocenters. The standard InChI is InChI=1S/C45H75O10P/c1-3-5-7-9-11-13-15-17-19-20-21-22-23-25-26-28-30-32-34-36-44(48)52-40-43(41-54-56(50,51)53-39-42(47)38-46)55-45(49)37-35-33-31-29-27-24-18-16-14-12-10-8-6-4-2/h5,7,10-13,16-19,21-22,25-26,42-43,46-47H,3-4,6,8-9,14-15,20,23-24,27-41H2,1-2H3,(H,50,51)/b7-5+,12-10+,13-11+,18-16+,19-17+,22-21+,26-25+/t42-,43+/m1/s1. The molecule has 10 nitrogen and oxygen atoms in total. The second kappa shape index (κ2) is 40.4. The van der Waals surface area contributed by atoms with Crippen molar-refractivity contribution in [1.29, 1.82) is 0 Å². The van der Waals surface area contributed by atoms with Crippen LogP contribution in [-0.4, -0.2) is 65.7 Å². The van der Waals surface area contributed by atoms with Gasteiger partial charge in [-0.25, -0.2) is 4.57 Å². The van der Waals surface area contributed by atoms with Crippen molar-refractivity contribution >= 4 is 19.8 Å². The maximum absolute atomic E-state index is 12.6. The summed E-state index contributed by atoms with van der Waals surface area (Å²) >= 11 is 0. The van der Waals surface area contributed by atoms with Crippen LogP contribution in [0, 0.1) is 0 Å². The molecule has 0 spiro atoms. The summed E-state index contributed by atoms with van der Waals surface area (Å²) in [5, 5.41) is 18.3. The van der Waals surface area contributed by atoms with Crippen LogP contribution in [0.3, 0.4) is 0 Å². The van der Waals surface area contributed by atoms with Gasteiger partial charge < -0.3 is 24.6 Å². The van der Waals surface area contributed by atoms with E-state index in [1.54, 1.807) is 0 Å². The van der Waals surface area contributed by atoms with Gasteiger partial charge in [-0.15, -0.1) is 0 Å². The predicted molar refractivity (Wildman–Crippen MR) is 228 cm³/mol. The van der Waals surface area contributed by atoms with Crippen LogP contribution in [0.2, 0.25) is 0 Å². The van der Waals surface area contributed by atoms with Gasteiger partial charge >= 0.3 is 19.8 Å². The van der Waals surface area contributed by atoms with E-state index < -0.39 is 51.8 Å². The Morgan fingerprint density at radius 3 is 1.50 bits per heavy atom. The summed E-state index contributed by atoms with van der Waals surface area (Å²) in [6, 6.07) is 0. The van der Waals surface area contributed by atoms with Crippen molar-refractivity contribution in [2.45, 2.75) is 161 Å². The topological polar surface area (TPSA) is 149 Å². The first kappa shape index (κ1) is 53.1. The van der Waals surface area contributed by atoms with Gasteiger partial charge in [0.1, 0.15) is 12.7 Å². The van der Waals surface area contributed by atoms with Crippen molar-refractivity contribution in [1.82, 2.24) is 0 Å². The van der Waals surface area contributed by atoms with Gasteiger partial charge in [0.25, 0.3) is 0 Å². The Hall–Kier alpha value is -2.85. The number of allylic oxidation sites excluding steroid dienone is 14. The summed E-state index contributed by atoms with van der Waals surface area (Å²) in [6.07, 6.45) is 46.9. The molecule has 0 aliphatic rings. The van der Waals surface area contributed by atoms with Gasteiger partial charge in [-0.05, 0) is 83.5 Å². The smallest absolute Gasteiger partial charge is 0.462 e. The number of rotatable bonds is 38. The quantitative estimate of drug-likeness (QED) is 0.0238. The molecule has 0 bridgehead atoms. The predicted octanol–water partition coefficient (Wildman–Crippen LogP) is 11.1. The molecule has 0 amide bonds. The van der Waals surface area contributed by atoms with Crippen LogP contribution in [-0.2, 0) is 32.7 Å². The molecule has 320 valence electrons. The fraction of sp³-hybridized carbons (Fsp3) is 0.644. The van der Waals surface area contributed by atoms with Gasteiger partial charge in [0.2, 0.25) is 0 Å². The lowest BCUT2D eigenvalue weighted by Crippen LogP contribution is -2.29. The molecule has 0 aliphatic carbocycles. The van der Waals surface area contributed by atoms with Gasteiger partial charge in [-0.1, -0.05) is 137 Å². The average Bonchev–Trinajstić information content (AvgIpc) is 3.19. The molecule has 0 aromatic rings. The third kappa shape index (κ3) is 39.4. The number of aliphatic hydroxyl groups excluding tert-OH is 2. The summed E-state index contributed by atoms with van der Waals surface area (Å²) < 4.78 is 32.6. The van der Waals surface area contributed by atoms with E-state index in [1.807, 2.05) is 0 Å². The molecule has 0 saturated heterocycles. The third-order valence-corrected chi connectivity index (χ3v) is 9.23. The van der Waals surface area contributed by atoms with Crippen LogP contribution in [0.15, 0.2) is 85.1 Å². The molecule has 0 rings (SSSR count). The molecule has 0 aliphatic heterocycles. The number of phosphoric ester groups is 1. The number of esters is 2. The molecule has 3 N–H and O–H groups in total. The highest BCUT2D eigenvalue weighted by atomic mass is 31.2. The van der Waals surface area contributed by atoms with E-state index in [-0.39, 0.29) is 19.4 Å². The largest absolute Gasteiger partial charge is 0.472 e. The summed E-state index contributed by atoms with van der Waals surface area (Å²) in [6.45, 7) is 2.14. The molecule has 3 atom stereocenters. The molecule has 11 heteroatoms. The van der Waals surface area contributed by atoms with Gasteiger partial charge in [0.05, 0.1) is 19.8 Å². The van der Waals surface area contributed by atoms with Crippen molar-refractivity contribution < 1.29 is 47.8 Å². The molecule has 0 heterocycles. The van der Waals surface area contributed by atoms with Crippen LogP contribution >= 0.6 is 7.82 Å². The first-order valence-corrected chi connectivity index (χ1v) is 22.5. The first-order valence-electron chi connectivity index (χ1n) is 21.0. The Kier molecular flexibility index (Phi) is 38.3. The highest BCUT2D eigenvalue weighted by molar-refractivity contribution is 7.47. The summed E-state index contributed by atoms with van der Waals surface area (Å²) in [5.74, 6) is -0.988. The minimum Gasteiger partial charge on any atom is -0.462 e. The fourth-order valence-corrected chi connectivity index (χ4v) is 5.82. The maximum Gasteiger partial charge on any atom is 0.472 e. The summed E-state index contributed by atoms with van der Waals surface area (Å²) in [5.41, 5.74) is 0. The van der Waals surface area contributed by atoms with Gasteiger partial charge in [-0.3, -0.25) is 18.6 Å². The lowest BCUT2D eigenvalue weighted by atomic mass is 10.1. The lowest BCUT2D eigenvalue weighted by molar-refractivity contribution is -0.161. The average molecular weight is 807 g/mol. The molecular formula is C45H75O10P. The van der Waals surface area contributed by atoms with Crippen molar-refractivity contribution in [2.75, 3.05) is 26.4 Å². The van der Waals surface area contributed by atoms with Crippen molar-refractivity contribution in [3.8, 4) is 0 Å². The second-order valence-corrected chi connectivity index (χ2v) is 15.1. The molecule has 56 heavy (non-hydrogen) atoms. The Morgan fingerprint density at radius 2 is 0.982 bits per heavy atom. The zero-order chi connectivity index (χ0) is 41.2. The van der Waals surface area contributed by atoms with Gasteiger partial charge in [-0.2, -0.15) is 0 Å². The normalized spacial score (nSPS) is 14.7. The van der Waals surface area contributed by atoms with Crippen molar-refractivity contribution in [2.24, 2.45) is 0 Å². The molecule has 0 aromatic heterocycles. The monoisotopic (exact) mass is 807 g/mol. The summed E-state index contributed by atoms with van der Waals surface area (Å²) in [7, 11) is -4.63.